The number of carbonyl (C=O) groups is 1. The van der Waals surface area contributed by atoms with Crippen LogP contribution in [0.15, 0.2) is 48.9 Å². The van der Waals surface area contributed by atoms with Crippen molar-refractivity contribution in [2.75, 3.05) is 11.1 Å². The van der Waals surface area contributed by atoms with Crippen LogP contribution < -0.4 is 15.8 Å². The monoisotopic (exact) mass is 517 g/mol. The highest BCUT2D eigenvalue weighted by atomic mass is 19.4. The third-order valence-electron chi connectivity index (χ3n) is 5.49. The smallest absolute Gasteiger partial charge is 0.434 e. The van der Waals surface area contributed by atoms with Gasteiger partial charge < -0.3 is 15.8 Å². The highest BCUT2D eigenvalue weighted by Gasteiger charge is 2.41. The molecule has 0 unspecified atom stereocenters. The normalized spacial score (nSPS) is 13.4. The molecule has 1 fully saturated rings. The number of nitrogens with one attached hydrogen (secondary N) is 1. The average molecular weight is 517 g/mol. The van der Waals surface area contributed by atoms with Crippen molar-refractivity contribution in [1.29, 1.82) is 0 Å². The van der Waals surface area contributed by atoms with Crippen molar-refractivity contribution >= 4 is 17.4 Å². The highest BCUT2D eigenvalue weighted by molar-refractivity contribution is 6.05. The summed E-state index contributed by atoms with van der Waals surface area (Å²) in [6.45, 7) is 0. The van der Waals surface area contributed by atoms with E-state index in [2.05, 4.69) is 25.6 Å². The molecular formula is C23H16F5N7O2. The van der Waals surface area contributed by atoms with Gasteiger partial charge in [0.25, 0.3) is 5.91 Å². The molecule has 9 nitrogen and oxygen atoms in total. The number of nitrogen functional groups attached to an aromatic ring is 1. The lowest BCUT2D eigenvalue weighted by Gasteiger charge is -2.15. The van der Waals surface area contributed by atoms with E-state index in [1.165, 1.54) is 30.6 Å². The number of ether oxygens (including phenoxy) is 1. The predicted molar refractivity (Wildman–Crippen MR) is 119 cm³/mol. The Labute approximate surface area is 205 Å². The minimum absolute atomic E-state index is 0.0685. The molecule has 0 saturated heterocycles. The van der Waals surface area contributed by atoms with Crippen LogP contribution in [0.5, 0.6) is 11.5 Å². The first kappa shape index (κ1) is 24.1. The molecule has 1 aliphatic rings. The van der Waals surface area contributed by atoms with Crippen LogP contribution in [0.2, 0.25) is 0 Å². The van der Waals surface area contributed by atoms with Crippen molar-refractivity contribution in [1.82, 2.24) is 25.0 Å². The Morgan fingerprint density at radius 3 is 2.49 bits per heavy atom. The van der Waals surface area contributed by atoms with E-state index in [0.29, 0.717) is 16.4 Å². The molecule has 1 aliphatic carbocycles. The van der Waals surface area contributed by atoms with Crippen molar-refractivity contribution in [3.8, 4) is 17.3 Å². The van der Waals surface area contributed by atoms with E-state index < -0.39 is 46.4 Å². The molecule has 3 heterocycles. The van der Waals surface area contributed by atoms with Crippen molar-refractivity contribution < 1.29 is 31.5 Å². The topological polar surface area (TPSA) is 121 Å². The van der Waals surface area contributed by atoms with Crippen molar-refractivity contribution in [3.05, 3.63) is 77.4 Å². The third-order valence-corrected chi connectivity index (χ3v) is 5.49. The van der Waals surface area contributed by atoms with Crippen LogP contribution in [-0.4, -0.2) is 30.9 Å². The average Bonchev–Trinajstić information content (AvgIpc) is 3.56. The predicted octanol–water partition coefficient (Wildman–Crippen LogP) is 4.86. The van der Waals surface area contributed by atoms with Crippen LogP contribution in [0.3, 0.4) is 0 Å². The number of rotatable bonds is 6. The molecule has 0 aliphatic heterocycles. The van der Waals surface area contributed by atoms with E-state index in [4.69, 9.17) is 10.5 Å². The molecule has 1 aromatic carbocycles. The Bertz CT molecular complexity index is 1460. The van der Waals surface area contributed by atoms with Gasteiger partial charge in [-0.15, -0.1) is 5.10 Å². The Morgan fingerprint density at radius 1 is 1.14 bits per heavy atom. The quantitative estimate of drug-likeness (QED) is 0.351. The molecular weight excluding hydrogens is 501 g/mol. The summed E-state index contributed by atoms with van der Waals surface area (Å²) >= 11 is 0. The third kappa shape index (κ3) is 4.77. The molecule has 37 heavy (non-hydrogen) atoms. The number of hydrogen-bond acceptors (Lipinski definition) is 7. The molecule has 0 atom stereocenters. The van der Waals surface area contributed by atoms with Gasteiger partial charge in [0.2, 0.25) is 0 Å². The van der Waals surface area contributed by atoms with Crippen molar-refractivity contribution in [3.63, 3.8) is 0 Å². The van der Waals surface area contributed by atoms with Gasteiger partial charge in [0.1, 0.15) is 11.6 Å². The van der Waals surface area contributed by atoms with Crippen LogP contribution in [0.4, 0.5) is 33.5 Å². The summed E-state index contributed by atoms with van der Waals surface area (Å²) in [6.07, 6.45) is -0.100. The first-order chi connectivity index (χ1) is 17.6. The minimum Gasteiger partial charge on any atom is -0.451 e. The van der Waals surface area contributed by atoms with Gasteiger partial charge >= 0.3 is 6.18 Å². The number of carbonyl (C=O) groups excluding carboxylic acids is 1. The number of amides is 1. The maximum absolute atomic E-state index is 14.8. The zero-order chi connectivity index (χ0) is 26.3. The van der Waals surface area contributed by atoms with Gasteiger partial charge in [-0.3, -0.25) is 4.79 Å². The van der Waals surface area contributed by atoms with E-state index in [1.54, 1.807) is 0 Å². The number of anilines is 2. The zero-order valence-corrected chi connectivity index (χ0v) is 18.6. The number of pyridine rings is 1. The molecule has 0 spiro atoms. The van der Waals surface area contributed by atoms with E-state index in [-0.39, 0.29) is 23.3 Å². The second-order valence-corrected chi connectivity index (χ2v) is 8.11. The zero-order valence-electron chi connectivity index (χ0n) is 18.6. The first-order valence-corrected chi connectivity index (χ1v) is 10.8. The van der Waals surface area contributed by atoms with Gasteiger partial charge in [-0.25, -0.2) is 18.4 Å². The van der Waals surface area contributed by atoms with Crippen molar-refractivity contribution in [2.24, 2.45) is 0 Å². The van der Waals surface area contributed by atoms with Gasteiger partial charge in [-0.2, -0.15) is 23.4 Å². The lowest BCUT2D eigenvalue weighted by Crippen LogP contribution is -2.21. The number of nitrogens with two attached hydrogens (primary N) is 1. The van der Waals surface area contributed by atoms with Gasteiger partial charge in [-0.1, -0.05) is 0 Å². The second kappa shape index (κ2) is 9.11. The highest BCUT2D eigenvalue weighted by Crippen LogP contribution is 2.47. The minimum atomic E-state index is -5.01. The molecule has 0 radical (unpaired) electrons. The molecule has 190 valence electrons. The Balaban J connectivity index is 1.43. The molecule has 1 saturated carbocycles. The maximum atomic E-state index is 14.8. The van der Waals surface area contributed by atoms with Gasteiger partial charge in [0.15, 0.2) is 28.9 Å². The largest absolute Gasteiger partial charge is 0.451 e. The van der Waals surface area contributed by atoms with Crippen LogP contribution in [-0.2, 0) is 6.18 Å². The molecule has 5 rings (SSSR count). The van der Waals surface area contributed by atoms with E-state index >= 15 is 0 Å². The lowest BCUT2D eigenvalue weighted by atomic mass is 10.1. The fourth-order valence-corrected chi connectivity index (χ4v) is 3.75. The van der Waals surface area contributed by atoms with Crippen LogP contribution in [0.1, 0.15) is 40.4 Å². The molecule has 4 aromatic rings. The molecule has 1 amide bonds. The Morgan fingerprint density at radius 2 is 1.86 bits per heavy atom. The van der Waals surface area contributed by atoms with Crippen LogP contribution in [0.25, 0.3) is 5.82 Å². The van der Waals surface area contributed by atoms with E-state index in [0.717, 1.165) is 25.0 Å². The summed E-state index contributed by atoms with van der Waals surface area (Å²) in [5, 5.41) is 12.7. The standard InChI is InChI=1S/C23H16F5N7O2/c24-14-8-12(9-15(25)19(14)37-16-5-7-30-21(29)18(16)11-3-4-11)33-22(36)13-10-32-35(20(13)23(26,27)28)17-2-1-6-31-34-17/h1-2,5-11H,3-4H2,(H2,29,30)(H,33,36). The molecule has 0 bridgehead atoms. The first-order valence-electron chi connectivity index (χ1n) is 10.8. The molecule has 3 N–H and O–H groups in total. The Hall–Kier alpha value is -4.62. The van der Waals surface area contributed by atoms with Gasteiger partial charge in [0, 0.05) is 35.8 Å². The SMILES string of the molecule is Nc1nccc(Oc2c(F)cc(NC(=O)c3cnn(-c4cccnn4)c3C(F)(F)F)cc2F)c1C1CC1. The van der Waals surface area contributed by atoms with Crippen molar-refractivity contribution in [2.45, 2.75) is 24.9 Å². The second-order valence-electron chi connectivity index (χ2n) is 8.11. The summed E-state index contributed by atoms with van der Waals surface area (Å²) in [5.74, 6) is -4.35. The number of halogens is 5. The summed E-state index contributed by atoms with van der Waals surface area (Å²) in [7, 11) is 0. The summed E-state index contributed by atoms with van der Waals surface area (Å²) < 4.78 is 76.9. The fourth-order valence-electron chi connectivity index (χ4n) is 3.75. The number of aromatic nitrogens is 5. The summed E-state index contributed by atoms with van der Waals surface area (Å²) in [5.41, 5.74) is 3.66. The number of nitrogens with zero attached hydrogens (tertiary/aromatic N) is 5. The van der Waals surface area contributed by atoms with Crippen LogP contribution in [0, 0.1) is 11.6 Å². The van der Waals surface area contributed by atoms with Gasteiger partial charge in [-0.05, 0) is 37.0 Å². The molecule has 14 heteroatoms. The van der Waals surface area contributed by atoms with Gasteiger partial charge in [0.05, 0.1) is 11.8 Å². The maximum Gasteiger partial charge on any atom is 0.434 e. The molecule has 3 aromatic heterocycles. The number of hydrogen-bond donors (Lipinski definition) is 2. The lowest BCUT2D eigenvalue weighted by molar-refractivity contribution is -0.143. The van der Waals surface area contributed by atoms with E-state index in [1.807, 2.05) is 0 Å². The fraction of sp³-hybridized carbons (Fsp3) is 0.174. The number of alkyl halides is 3. The summed E-state index contributed by atoms with van der Waals surface area (Å²) in [4.78, 5) is 16.7. The number of benzene rings is 1. The Kier molecular flexibility index (Phi) is 5.93. The van der Waals surface area contributed by atoms with Crippen LogP contribution >= 0.6 is 0 Å². The summed E-state index contributed by atoms with van der Waals surface area (Å²) in [6, 6.07) is 5.42. The van der Waals surface area contributed by atoms with E-state index in [9.17, 15) is 26.7 Å².